The van der Waals surface area contributed by atoms with Crippen LogP contribution in [0.5, 0.6) is 5.75 Å². The highest BCUT2D eigenvalue weighted by Gasteiger charge is 2.36. The average molecular weight is 483 g/mol. The minimum atomic E-state index is -3.01. The monoisotopic (exact) mass is 482 g/mol. The van der Waals surface area contributed by atoms with Crippen LogP contribution in [0.2, 0.25) is 0 Å². The standard InChI is InChI=1S/C17H14F3N3O2.C5H11NOS/c1-9(2)23-15-5-10(8-24)21-7-13(15)16(22-23)12-6-11(25-17(19)20)3-4-14(12)18;1-5(6-2)3-8(7)4-5/h3-9,17H,1-2H3;6H,3-4H2,1-2H3. The summed E-state index contributed by atoms with van der Waals surface area (Å²) in [6.07, 6.45) is 2.02. The molecule has 0 unspecified atom stereocenters. The SMILES string of the molecule is CC(C)n1nc(-c2cc(OC(F)F)ccc2F)c2cnc(C=O)cc21.CNC1(C)CS(=O)C1. The number of aldehydes is 1. The lowest BCUT2D eigenvalue weighted by molar-refractivity contribution is -0.0498. The second kappa shape index (κ2) is 10.0. The van der Waals surface area contributed by atoms with E-state index in [0.717, 1.165) is 23.6 Å². The molecule has 11 heteroatoms. The molecule has 178 valence electrons. The highest BCUT2D eigenvalue weighted by molar-refractivity contribution is 7.86. The van der Waals surface area contributed by atoms with Crippen LogP contribution in [0, 0.1) is 5.82 Å². The van der Waals surface area contributed by atoms with Crippen LogP contribution in [0.15, 0.2) is 30.5 Å². The summed E-state index contributed by atoms with van der Waals surface area (Å²) in [4.78, 5) is 15.0. The molecule has 4 rings (SSSR count). The highest BCUT2D eigenvalue weighted by atomic mass is 32.2. The quantitative estimate of drug-likeness (QED) is 0.536. The van der Waals surface area contributed by atoms with Crippen LogP contribution >= 0.6 is 0 Å². The number of ether oxygens (including phenoxy) is 1. The zero-order valence-corrected chi connectivity index (χ0v) is 19.5. The van der Waals surface area contributed by atoms with E-state index in [2.05, 4.69) is 27.1 Å². The van der Waals surface area contributed by atoms with Gasteiger partial charge in [0.05, 0.1) is 5.52 Å². The average Bonchev–Trinajstić information content (AvgIpc) is 3.13. The molecule has 0 spiro atoms. The largest absolute Gasteiger partial charge is 0.435 e. The Balaban J connectivity index is 0.000000323. The fourth-order valence-electron chi connectivity index (χ4n) is 3.38. The number of carbonyl (C=O) groups is 1. The van der Waals surface area contributed by atoms with Crippen molar-refractivity contribution in [1.82, 2.24) is 20.1 Å². The van der Waals surface area contributed by atoms with Gasteiger partial charge in [-0.1, -0.05) is 0 Å². The molecule has 1 N–H and O–H groups in total. The fraction of sp³-hybridized carbons (Fsp3) is 0.409. The van der Waals surface area contributed by atoms with Crippen LogP contribution in [0.1, 0.15) is 37.3 Å². The molecule has 1 aliphatic rings. The molecule has 3 aromatic rings. The Morgan fingerprint density at radius 3 is 2.48 bits per heavy atom. The number of benzene rings is 1. The van der Waals surface area contributed by atoms with E-state index in [4.69, 9.17) is 0 Å². The molecule has 0 amide bonds. The first kappa shape index (κ1) is 24.8. The zero-order chi connectivity index (χ0) is 24.3. The van der Waals surface area contributed by atoms with Crippen molar-refractivity contribution in [3.05, 3.63) is 42.0 Å². The van der Waals surface area contributed by atoms with Crippen molar-refractivity contribution in [3.8, 4) is 17.0 Å². The van der Waals surface area contributed by atoms with Crippen molar-refractivity contribution in [2.75, 3.05) is 18.6 Å². The number of halogens is 3. The van der Waals surface area contributed by atoms with Crippen molar-refractivity contribution in [2.45, 2.75) is 39.0 Å². The van der Waals surface area contributed by atoms with Gasteiger partial charge in [0.2, 0.25) is 0 Å². The normalized spacial score (nSPS) is 19.8. The number of rotatable bonds is 6. The van der Waals surface area contributed by atoms with E-state index in [1.54, 1.807) is 10.7 Å². The molecular formula is C22H25F3N4O3S. The van der Waals surface area contributed by atoms with Gasteiger partial charge < -0.3 is 10.1 Å². The van der Waals surface area contributed by atoms with Gasteiger partial charge in [0.25, 0.3) is 0 Å². The van der Waals surface area contributed by atoms with Crippen molar-refractivity contribution in [3.63, 3.8) is 0 Å². The molecule has 0 radical (unpaired) electrons. The predicted molar refractivity (Wildman–Crippen MR) is 121 cm³/mol. The molecule has 1 fully saturated rings. The molecule has 3 heterocycles. The smallest absolute Gasteiger partial charge is 0.387 e. The third-order valence-electron chi connectivity index (χ3n) is 5.20. The number of fused-ring (bicyclic) bond motifs is 1. The van der Waals surface area contributed by atoms with Crippen LogP contribution in [0.25, 0.3) is 22.2 Å². The Bertz CT molecular complexity index is 1180. The molecule has 1 aromatic carbocycles. The number of alkyl halides is 2. The summed E-state index contributed by atoms with van der Waals surface area (Å²) in [5.74, 6) is 0.847. The second-order valence-corrected chi connectivity index (χ2v) is 9.65. The Kier molecular flexibility index (Phi) is 7.53. The van der Waals surface area contributed by atoms with Crippen molar-refractivity contribution in [2.24, 2.45) is 0 Å². The van der Waals surface area contributed by atoms with E-state index in [0.29, 0.717) is 17.2 Å². The van der Waals surface area contributed by atoms with Crippen LogP contribution in [-0.4, -0.2) is 56.0 Å². The number of pyridine rings is 1. The number of aromatic nitrogens is 3. The predicted octanol–water partition coefficient (Wildman–Crippen LogP) is 3.96. The van der Waals surface area contributed by atoms with Gasteiger partial charge in [-0.25, -0.2) is 4.39 Å². The first-order valence-corrected chi connectivity index (χ1v) is 11.7. The third kappa shape index (κ3) is 5.59. The van der Waals surface area contributed by atoms with Crippen LogP contribution in [0.3, 0.4) is 0 Å². The Morgan fingerprint density at radius 2 is 1.97 bits per heavy atom. The highest BCUT2D eigenvalue weighted by Crippen LogP contribution is 2.33. The van der Waals surface area contributed by atoms with Crippen LogP contribution in [-0.2, 0) is 10.8 Å². The maximum atomic E-state index is 14.3. The van der Waals surface area contributed by atoms with Crippen LogP contribution in [0.4, 0.5) is 13.2 Å². The van der Waals surface area contributed by atoms with E-state index >= 15 is 0 Å². The minimum absolute atomic E-state index is 0.0169. The summed E-state index contributed by atoms with van der Waals surface area (Å²) in [6, 6.07) is 4.81. The van der Waals surface area contributed by atoms with Gasteiger partial charge in [0.15, 0.2) is 6.29 Å². The van der Waals surface area contributed by atoms with Gasteiger partial charge in [0, 0.05) is 51.0 Å². The summed E-state index contributed by atoms with van der Waals surface area (Å²) in [5.41, 5.74) is 1.26. The minimum Gasteiger partial charge on any atom is -0.435 e. The Hall–Kier alpha value is -2.79. The molecule has 33 heavy (non-hydrogen) atoms. The van der Waals surface area contributed by atoms with Gasteiger partial charge in [-0.3, -0.25) is 18.7 Å². The van der Waals surface area contributed by atoms with Gasteiger partial charge >= 0.3 is 6.61 Å². The lowest BCUT2D eigenvalue weighted by atomic mass is 10.1. The summed E-state index contributed by atoms with van der Waals surface area (Å²) >= 11 is 0. The molecule has 2 aromatic heterocycles. The molecule has 7 nitrogen and oxygen atoms in total. The molecular weight excluding hydrogens is 457 g/mol. The van der Waals surface area contributed by atoms with Gasteiger partial charge in [-0.2, -0.15) is 13.9 Å². The van der Waals surface area contributed by atoms with Crippen LogP contribution < -0.4 is 10.1 Å². The lowest BCUT2D eigenvalue weighted by Crippen LogP contribution is -2.58. The van der Waals surface area contributed by atoms with Gasteiger partial charge in [0.1, 0.15) is 23.0 Å². The summed E-state index contributed by atoms with van der Waals surface area (Å²) < 4.78 is 55.7. The summed E-state index contributed by atoms with van der Waals surface area (Å²) in [6.45, 7) is 2.84. The Morgan fingerprint density at radius 1 is 1.27 bits per heavy atom. The zero-order valence-electron chi connectivity index (χ0n) is 18.6. The summed E-state index contributed by atoms with van der Waals surface area (Å²) in [7, 11) is 1.39. The number of hydrogen-bond donors (Lipinski definition) is 1. The molecule has 0 atom stereocenters. The van der Waals surface area contributed by atoms with E-state index in [1.165, 1.54) is 12.3 Å². The van der Waals surface area contributed by atoms with Crippen molar-refractivity contribution in [1.29, 1.82) is 0 Å². The number of hydrogen-bond acceptors (Lipinski definition) is 6. The van der Waals surface area contributed by atoms with Gasteiger partial charge in [-0.15, -0.1) is 0 Å². The molecule has 0 aliphatic carbocycles. The topological polar surface area (TPSA) is 86.1 Å². The molecule has 0 bridgehead atoms. The number of carbonyl (C=O) groups excluding carboxylic acids is 1. The maximum absolute atomic E-state index is 14.3. The third-order valence-corrected chi connectivity index (χ3v) is 7.12. The fourth-order valence-corrected chi connectivity index (χ4v) is 5.00. The molecule has 1 aliphatic heterocycles. The second-order valence-electron chi connectivity index (χ2n) is 8.19. The first-order valence-electron chi connectivity index (χ1n) is 10.2. The number of nitrogens with one attached hydrogen (secondary N) is 1. The van der Waals surface area contributed by atoms with E-state index in [-0.39, 0.29) is 34.3 Å². The molecule has 0 saturated carbocycles. The van der Waals surface area contributed by atoms with E-state index in [9.17, 15) is 22.2 Å². The first-order chi connectivity index (χ1) is 15.6. The maximum Gasteiger partial charge on any atom is 0.387 e. The Labute approximate surface area is 191 Å². The summed E-state index contributed by atoms with van der Waals surface area (Å²) in [5, 5.41) is 8.02. The van der Waals surface area contributed by atoms with E-state index in [1.807, 2.05) is 20.9 Å². The molecule has 1 saturated heterocycles. The van der Waals surface area contributed by atoms with Crippen molar-refractivity contribution >= 4 is 28.0 Å². The van der Waals surface area contributed by atoms with E-state index < -0.39 is 23.2 Å². The lowest BCUT2D eigenvalue weighted by Gasteiger charge is -2.36. The van der Waals surface area contributed by atoms with Gasteiger partial charge in [-0.05, 0) is 52.1 Å². The number of nitrogens with zero attached hydrogens (tertiary/aromatic N) is 3. The van der Waals surface area contributed by atoms with Crippen molar-refractivity contribution < 1.29 is 26.9 Å².